The molecule has 0 unspecified atom stereocenters. The van der Waals surface area contributed by atoms with E-state index >= 15 is 0 Å². The smallest absolute Gasteiger partial charge is 0.205 e. The topological polar surface area (TPSA) is 71.3 Å². The first kappa shape index (κ1) is 12.1. The monoisotopic (exact) mass is 262 g/mol. The molecule has 1 aliphatic rings. The predicted octanol–water partition coefficient (Wildman–Crippen LogP) is 0.722. The fraction of sp³-hybridized carbons (Fsp3) is 0.417. The van der Waals surface area contributed by atoms with Gasteiger partial charge in [0.25, 0.3) is 0 Å². The molecule has 0 saturated carbocycles. The van der Waals surface area contributed by atoms with Gasteiger partial charge in [0.1, 0.15) is 12.3 Å². The molecule has 3 rings (SSSR count). The van der Waals surface area contributed by atoms with Crippen molar-refractivity contribution in [2.45, 2.75) is 12.8 Å². The number of tetrazole rings is 1. The molecule has 0 aliphatic carbocycles. The molecular weight excluding hydrogens is 248 g/mol. The summed E-state index contributed by atoms with van der Waals surface area (Å²) < 4.78 is 15.8. The summed E-state index contributed by atoms with van der Waals surface area (Å²) in [5.74, 6) is 1.31. The Kier molecular flexibility index (Phi) is 3.39. The third kappa shape index (κ3) is 2.72. The van der Waals surface area contributed by atoms with Crippen LogP contribution < -0.4 is 4.74 Å². The van der Waals surface area contributed by atoms with Crippen molar-refractivity contribution in [3.63, 3.8) is 0 Å². The largest absolute Gasteiger partial charge is 0.497 e. The minimum atomic E-state index is -0.285. The molecule has 1 fully saturated rings. The molecule has 7 heteroatoms. The second-order valence-corrected chi connectivity index (χ2v) is 4.07. The first-order valence-corrected chi connectivity index (χ1v) is 6.00. The van der Waals surface area contributed by atoms with Crippen molar-refractivity contribution >= 4 is 0 Å². The van der Waals surface area contributed by atoms with Gasteiger partial charge in [-0.25, -0.2) is 0 Å². The van der Waals surface area contributed by atoms with Gasteiger partial charge in [-0.1, -0.05) is 12.1 Å². The lowest BCUT2D eigenvalue weighted by Gasteiger charge is -2.06. The lowest BCUT2D eigenvalue weighted by molar-refractivity contribution is -0.0572. The quantitative estimate of drug-likeness (QED) is 0.808. The summed E-state index contributed by atoms with van der Waals surface area (Å²) in [5.41, 5.74) is 0.860. The van der Waals surface area contributed by atoms with Crippen LogP contribution in [0.15, 0.2) is 24.3 Å². The van der Waals surface area contributed by atoms with Crippen molar-refractivity contribution in [2.75, 3.05) is 20.3 Å². The summed E-state index contributed by atoms with van der Waals surface area (Å²) in [6, 6.07) is 7.53. The summed E-state index contributed by atoms with van der Waals surface area (Å²) in [4.78, 5) is 1.48. The maximum atomic E-state index is 5.34. The van der Waals surface area contributed by atoms with Crippen molar-refractivity contribution in [2.24, 2.45) is 0 Å². The maximum absolute atomic E-state index is 5.34. The van der Waals surface area contributed by atoms with E-state index < -0.39 is 0 Å². The number of nitrogens with zero attached hydrogens (tertiary/aromatic N) is 4. The number of hydrogen-bond acceptors (Lipinski definition) is 6. The zero-order valence-corrected chi connectivity index (χ0v) is 10.5. The molecule has 7 nitrogen and oxygen atoms in total. The van der Waals surface area contributed by atoms with Crippen molar-refractivity contribution in [3.8, 4) is 17.1 Å². The van der Waals surface area contributed by atoms with E-state index in [0.29, 0.717) is 25.6 Å². The van der Waals surface area contributed by atoms with Crippen LogP contribution >= 0.6 is 0 Å². The maximum Gasteiger partial charge on any atom is 0.205 e. The molecular formula is C12H14N4O3. The number of benzene rings is 1. The highest BCUT2D eigenvalue weighted by atomic mass is 16.7. The molecule has 1 aliphatic heterocycles. The van der Waals surface area contributed by atoms with E-state index in [0.717, 1.165) is 11.3 Å². The van der Waals surface area contributed by atoms with Crippen LogP contribution in [0.4, 0.5) is 0 Å². The molecule has 0 bridgehead atoms. The first-order valence-electron chi connectivity index (χ1n) is 6.00. The van der Waals surface area contributed by atoms with Crippen LogP contribution in [0.3, 0.4) is 0 Å². The molecule has 19 heavy (non-hydrogen) atoms. The fourth-order valence-electron chi connectivity index (χ4n) is 1.84. The van der Waals surface area contributed by atoms with Gasteiger partial charge in [-0.15, -0.1) is 10.2 Å². The number of rotatable bonds is 4. The molecule has 1 aromatic heterocycles. The summed E-state index contributed by atoms with van der Waals surface area (Å²) >= 11 is 0. The van der Waals surface area contributed by atoms with Crippen molar-refractivity contribution in [1.29, 1.82) is 0 Å². The highest BCUT2D eigenvalue weighted by molar-refractivity contribution is 5.56. The number of ether oxygens (including phenoxy) is 3. The second-order valence-electron chi connectivity index (χ2n) is 4.07. The van der Waals surface area contributed by atoms with E-state index in [1.54, 1.807) is 7.11 Å². The summed E-state index contributed by atoms with van der Waals surface area (Å²) in [6.45, 7) is 1.67. The Labute approximate surface area is 110 Å². The lowest BCUT2D eigenvalue weighted by Crippen LogP contribution is -2.18. The van der Waals surface area contributed by atoms with Crippen LogP contribution in [0, 0.1) is 0 Å². The number of hydrogen-bond donors (Lipinski definition) is 0. The third-order valence-corrected chi connectivity index (χ3v) is 2.78. The average molecular weight is 262 g/mol. The standard InChI is InChI=1S/C12H14N4O3/c1-17-10-4-2-3-9(7-10)12-13-15-16(14-12)8-11-18-5-6-19-11/h2-4,7,11H,5-6,8H2,1H3. The molecule has 0 radical (unpaired) electrons. The van der Waals surface area contributed by atoms with E-state index in [9.17, 15) is 0 Å². The van der Waals surface area contributed by atoms with Crippen LogP contribution in [-0.4, -0.2) is 46.8 Å². The van der Waals surface area contributed by atoms with E-state index in [-0.39, 0.29) is 6.29 Å². The molecule has 1 aromatic carbocycles. The minimum Gasteiger partial charge on any atom is -0.497 e. The molecule has 0 spiro atoms. The van der Waals surface area contributed by atoms with Gasteiger partial charge in [-0.3, -0.25) is 0 Å². The van der Waals surface area contributed by atoms with Crippen LogP contribution in [0.2, 0.25) is 0 Å². The molecule has 1 saturated heterocycles. The van der Waals surface area contributed by atoms with Gasteiger partial charge in [-0.05, 0) is 17.3 Å². The van der Waals surface area contributed by atoms with Gasteiger partial charge in [-0.2, -0.15) is 4.80 Å². The van der Waals surface area contributed by atoms with Crippen LogP contribution in [0.1, 0.15) is 0 Å². The van der Waals surface area contributed by atoms with Crippen LogP contribution in [0.25, 0.3) is 11.4 Å². The summed E-state index contributed by atoms with van der Waals surface area (Å²) in [6.07, 6.45) is -0.285. The Morgan fingerprint density at radius 3 is 3.00 bits per heavy atom. The Balaban J connectivity index is 1.76. The second kappa shape index (κ2) is 5.33. The number of aromatic nitrogens is 4. The van der Waals surface area contributed by atoms with Gasteiger partial charge in [0.2, 0.25) is 5.82 Å². The highest BCUT2D eigenvalue weighted by Crippen LogP contribution is 2.19. The van der Waals surface area contributed by atoms with Crippen molar-refractivity contribution in [1.82, 2.24) is 20.2 Å². The normalized spacial score (nSPS) is 15.8. The summed E-state index contributed by atoms with van der Waals surface area (Å²) in [5, 5.41) is 12.3. The minimum absolute atomic E-state index is 0.285. The Morgan fingerprint density at radius 2 is 2.21 bits per heavy atom. The molecule has 0 N–H and O–H groups in total. The number of methoxy groups -OCH3 is 1. The predicted molar refractivity (Wildman–Crippen MR) is 65.5 cm³/mol. The molecule has 2 heterocycles. The van der Waals surface area contributed by atoms with E-state index in [1.165, 1.54) is 4.80 Å². The van der Waals surface area contributed by atoms with Crippen molar-refractivity contribution in [3.05, 3.63) is 24.3 Å². The molecule has 0 atom stereocenters. The van der Waals surface area contributed by atoms with E-state index in [4.69, 9.17) is 14.2 Å². The molecule has 0 amide bonds. The average Bonchev–Trinajstić information content (AvgIpc) is 3.11. The van der Waals surface area contributed by atoms with Gasteiger partial charge >= 0.3 is 0 Å². The highest BCUT2D eigenvalue weighted by Gasteiger charge is 2.18. The Bertz CT molecular complexity index is 551. The zero-order chi connectivity index (χ0) is 13.1. The van der Waals surface area contributed by atoms with Gasteiger partial charge in [0.15, 0.2) is 6.29 Å². The van der Waals surface area contributed by atoms with E-state index in [1.807, 2.05) is 24.3 Å². The Morgan fingerprint density at radius 1 is 1.37 bits per heavy atom. The van der Waals surface area contributed by atoms with Gasteiger partial charge in [0, 0.05) is 5.56 Å². The van der Waals surface area contributed by atoms with E-state index in [2.05, 4.69) is 15.4 Å². The van der Waals surface area contributed by atoms with Crippen LogP contribution in [-0.2, 0) is 16.0 Å². The molecule has 2 aromatic rings. The van der Waals surface area contributed by atoms with Gasteiger partial charge < -0.3 is 14.2 Å². The SMILES string of the molecule is COc1cccc(-c2nnn(CC3OCCO3)n2)c1. The lowest BCUT2D eigenvalue weighted by atomic mass is 10.2. The van der Waals surface area contributed by atoms with Crippen molar-refractivity contribution < 1.29 is 14.2 Å². The third-order valence-electron chi connectivity index (χ3n) is 2.78. The molecule has 100 valence electrons. The fourth-order valence-corrected chi connectivity index (χ4v) is 1.84. The zero-order valence-electron chi connectivity index (χ0n) is 10.5. The first-order chi connectivity index (χ1) is 9.35. The van der Waals surface area contributed by atoms with Crippen LogP contribution in [0.5, 0.6) is 5.75 Å². The van der Waals surface area contributed by atoms with Gasteiger partial charge in [0.05, 0.1) is 20.3 Å². The summed E-state index contributed by atoms with van der Waals surface area (Å²) in [7, 11) is 1.62. The Hall–Kier alpha value is -1.99.